The van der Waals surface area contributed by atoms with Crippen molar-refractivity contribution >= 4 is 0 Å². The molecule has 2 aromatic rings. The molecule has 0 aliphatic heterocycles. The van der Waals surface area contributed by atoms with Gasteiger partial charge in [-0.05, 0) is 24.8 Å². The van der Waals surface area contributed by atoms with E-state index in [0.717, 1.165) is 12.8 Å². The fourth-order valence-electron chi connectivity index (χ4n) is 1.66. The van der Waals surface area contributed by atoms with Crippen LogP contribution < -0.4 is 0 Å². The molecule has 0 saturated heterocycles. The van der Waals surface area contributed by atoms with Crippen LogP contribution in [0.25, 0.3) is 0 Å². The summed E-state index contributed by atoms with van der Waals surface area (Å²) < 4.78 is 0. The molecule has 1 aromatic carbocycles. The third-order valence-corrected chi connectivity index (χ3v) is 2.54. The quantitative estimate of drug-likeness (QED) is 0.803. The molecule has 84 valence electrons. The van der Waals surface area contributed by atoms with Gasteiger partial charge in [0.15, 0.2) is 5.82 Å². The van der Waals surface area contributed by atoms with Gasteiger partial charge in [-0.25, -0.2) is 4.98 Å². The summed E-state index contributed by atoms with van der Waals surface area (Å²) >= 11 is 0. The van der Waals surface area contributed by atoms with E-state index >= 15 is 0 Å². The Labute approximate surface area is 94.4 Å². The van der Waals surface area contributed by atoms with E-state index in [-0.39, 0.29) is 0 Å². The molecule has 1 aromatic heterocycles. The van der Waals surface area contributed by atoms with Crippen molar-refractivity contribution in [1.29, 1.82) is 0 Å². The monoisotopic (exact) mass is 217 g/mol. The number of nitrogens with zero attached hydrogens (tertiary/aromatic N) is 2. The number of aromatic nitrogens is 3. The number of rotatable bonds is 5. The summed E-state index contributed by atoms with van der Waals surface area (Å²) in [5, 5.41) is 16.1. The van der Waals surface area contributed by atoms with Crippen LogP contribution in [-0.2, 0) is 6.42 Å². The zero-order chi connectivity index (χ0) is 11.2. The Bertz CT molecular complexity index is 399. The lowest BCUT2D eigenvalue weighted by Crippen LogP contribution is -2.00. The Morgan fingerprint density at radius 2 is 2.06 bits per heavy atom. The third kappa shape index (κ3) is 2.90. The molecule has 0 aliphatic rings. The minimum Gasteiger partial charge on any atom is -0.385 e. The van der Waals surface area contributed by atoms with Crippen LogP contribution in [0.15, 0.2) is 36.7 Å². The predicted molar refractivity (Wildman–Crippen MR) is 60.7 cm³/mol. The van der Waals surface area contributed by atoms with Crippen LogP contribution in [0.4, 0.5) is 0 Å². The van der Waals surface area contributed by atoms with Gasteiger partial charge in [-0.2, -0.15) is 5.10 Å². The number of hydrogen-bond acceptors (Lipinski definition) is 3. The normalized spacial score (nSPS) is 12.6. The van der Waals surface area contributed by atoms with E-state index in [1.54, 1.807) is 0 Å². The summed E-state index contributed by atoms with van der Waals surface area (Å²) in [6.07, 6.45) is 3.49. The Morgan fingerprint density at radius 1 is 1.25 bits per heavy atom. The molecule has 4 nitrogen and oxygen atoms in total. The van der Waals surface area contributed by atoms with Crippen LogP contribution in [0, 0.1) is 0 Å². The number of nitrogens with one attached hydrogen (secondary N) is 1. The molecule has 0 amide bonds. The number of aryl methyl sites for hydroxylation is 1. The summed E-state index contributed by atoms with van der Waals surface area (Å²) in [4.78, 5) is 3.93. The summed E-state index contributed by atoms with van der Waals surface area (Å²) in [6, 6.07) is 10.3. The Morgan fingerprint density at radius 3 is 2.75 bits per heavy atom. The molecular weight excluding hydrogens is 202 g/mol. The van der Waals surface area contributed by atoms with E-state index in [1.165, 1.54) is 11.9 Å². The van der Waals surface area contributed by atoms with Crippen molar-refractivity contribution in [2.75, 3.05) is 0 Å². The number of aliphatic hydroxyl groups excluding tert-OH is 1. The van der Waals surface area contributed by atoms with Gasteiger partial charge in [0, 0.05) is 0 Å². The summed E-state index contributed by atoms with van der Waals surface area (Å²) in [6.45, 7) is 0. The first-order valence-corrected chi connectivity index (χ1v) is 5.43. The van der Waals surface area contributed by atoms with Crippen molar-refractivity contribution < 1.29 is 5.11 Å². The van der Waals surface area contributed by atoms with Gasteiger partial charge in [0.05, 0.1) is 0 Å². The Balaban J connectivity index is 1.76. The molecule has 1 atom stereocenters. The largest absolute Gasteiger partial charge is 0.385 e. The number of H-pyrrole nitrogens is 1. The molecule has 0 bridgehead atoms. The van der Waals surface area contributed by atoms with E-state index in [1.807, 2.05) is 18.2 Å². The van der Waals surface area contributed by atoms with Crippen molar-refractivity contribution in [3.05, 3.63) is 48.0 Å². The van der Waals surface area contributed by atoms with Crippen LogP contribution in [0.3, 0.4) is 0 Å². The second kappa shape index (κ2) is 5.42. The molecule has 2 N–H and O–H groups in total. The van der Waals surface area contributed by atoms with Crippen molar-refractivity contribution in [2.24, 2.45) is 0 Å². The molecule has 0 radical (unpaired) electrons. The van der Waals surface area contributed by atoms with E-state index in [0.29, 0.717) is 12.2 Å². The first-order chi connectivity index (χ1) is 7.86. The zero-order valence-corrected chi connectivity index (χ0v) is 9.00. The van der Waals surface area contributed by atoms with Crippen molar-refractivity contribution in [3.8, 4) is 0 Å². The predicted octanol–water partition coefficient (Wildman–Crippen LogP) is 1.86. The Kier molecular flexibility index (Phi) is 3.66. The van der Waals surface area contributed by atoms with E-state index in [9.17, 15) is 5.11 Å². The van der Waals surface area contributed by atoms with Crippen molar-refractivity contribution in [3.63, 3.8) is 0 Å². The molecule has 0 saturated carbocycles. The van der Waals surface area contributed by atoms with Crippen molar-refractivity contribution in [2.45, 2.75) is 25.4 Å². The minimum absolute atomic E-state index is 0.536. The SMILES string of the molecule is OC(CCCc1ccccc1)c1ncn[nH]1. The van der Waals surface area contributed by atoms with E-state index in [2.05, 4.69) is 27.3 Å². The molecule has 1 heterocycles. The Hall–Kier alpha value is -1.68. The van der Waals surface area contributed by atoms with Gasteiger partial charge in [0.1, 0.15) is 12.4 Å². The average Bonchev–Trinajstić information content (AvgIpc) is 2.84. The van der Waals surface area contributed by atoms with Crippen LogP contribution in [0.2, 0.25) is 0 Å². The maximum Gasteiger partial charge on any atom is 0.153 e. The van der Waals surface area contributed by atoms with Crippen LogP contribution in [-0.4, -0.2) is 20.3 Å². The number of aliphatic hydroxyl groups is 1. The number of aromatic amines is 1. The van der Waals surface area contributed by atoms with Crippen LogP contribution in [0.1, 0.15) is 30.3 Å². The molecule has 16 heavy (non-hydrogen) atoms. The first-order valence-electron chi connectivity index (χ1n) is 5.43. The molecule has 2 rings (SSSR count). The molecule has 0 fully saturated rings. The number of benzene rings is 1. The van der Waals surface area contributed by atoms with E-state index < -0.39 is 6.10 Å². The van der Waals surface area contributed by atoms with Gasteiger partial charge in [-0.1, -0.05) is 30.3 Å². The molecule has 0 aliphatic carbocycles. The highest BCUT2D eigenvalue weighted by Crippen LogP contribution is 2.15. The average molecular weight is 217 g/mol. The highest BCUT2D eigenvalue weighted by atomic mass is 16.3. The highest BCUT2D eigenvalue weighted by Gasteiger charge is 2.09. The first kappa shape index (κ1) is 10.8. The van der Waals surface area contributed by atoms with Gasteiger partial charge in [-0.15, -0.1) is 0 Å². The summed E-state index contributed by atoms with van der Waals surface area (Å²) in [5.74, 6) is 0.549. The standard InChI is InChI=1S/C12H15N3O/c16-11(12-13-9-14-15-12)8-4-7-10-5-2-1-3-6-10/h1-3,5-6,9,11,16H,4,7-8H2,(H,13,14,15). The topological polar surface area (TPSA) is 61.8 Å². The summed E-state index contributed by atoms with van der Waals surface area (Å²) in [7, 11) is 0. The van der Waals surface area contributed by atoms with Crippen LogP contribution >= 0.6 is 0 Å². The third-order valence-electron chi connectivity index (χ3n) is 2.54. The van der Waals surface area contributed by atoms with Gasteiger partial charge in [0.25, 0.3) is 0 Å². The lowest BCUT2D eigenvalue weighted by molar-refractivity contribution is 0.155. The number of hydrogen-bond donors (Lipinski definition) is 2. The molecule has 4 heteroatoms. The lowest BCUT2D eigenvalue weighted by atomic mass is 10.1. The fourth-order valence-corrected chi connectivity index (χ4v) is 1.66. The van der Waals surface area contributed by atoms with Gasteiger partial charge < -0.3 is 5.11 Å². The van der Waals surface area contributed by atoms with Crippen LogP contribution in [0.5, 0.6) is 0 Å². The van der Waals surface area contributed by atoms with Gasteiger partial charge >= 0.3 is 0 Å². The van der Waals surface area contributed by atoms with E-state index in [4.69, 9.17) is 0 Å². The second-order valence-electron chi connectivity index (χ2n) is 3.76. The molecule has 0 spiro atoms. The molecular formula is C12H15N3O. The minimum atomic E-state index is -0.536. The summed E-state index contributed by atoms with van der Waals surface area (Å²) in [5.41, 5.74) is 1.30. The maximum absolute atomic E-state index is 9.75. The second-order valence-corrected chi connectivity index (χ2v) is 3.76. The van der Waals surface area contributed by atoms with Crippen molar-refractivity contribution in [1.82, 2.24) is 15.2 Å². The molecule has 1 unspecified atom stereocenters. The van der Waals surface area contributed by atoms with Gasteiger partial charge in [0.2, 0.25) is 0 Å². The van der Waals surface area contributed by atoms with Gasteiger partial charge in [-0.3, -0.25) is 5.10 Å². The maximum atomic E-state index is 9.75. The smallest absolute Gasteiger partial charge is 0.153 e. The zero-order valence-electron chi connectivity index (χ0n) is 9.00. The fraction of sp³-hybridized carbons (Fsp3) is 0.333. The highest BCUT2D eigenvalue weighted by molar-refractivity contribution is 5.14. The lowest BCUT2D eigenvalue weighted by Gasteiger charge is -2.06.